The van der Waals surface area contributed by atoms with Crippen molar-refractivity contribution >= 4 is 0 Å². The van der Waals surface area contributed by atoms with Crippen molar-refractivity contribution in [2.24, 2.45) is 23.7 Å². The SMILES string of the molecule is CC1C(CCNC(O)OC(C)(C)C)CCC2C1COC1OC12. The second-order valence-electron chi connectivity index (χ2n) is 8.15. The van der Waals surface area contributed by atoms with Gasteiger partial charge in [0.2, 0.25) is 6.41 Å². The number of aliphatic hydroxyl groups is 1. The standard InChI is InChI=1S/C17H31NO4/c1-10-11(7-8-18-16(19)22-17(2,3)4)5-6-12-13(10)9-20-15-14(12)21-15/h10-16,18-19H,5-9H2,1-4H3. The first-order valence-corrected chi connectivity index (χ1v) is 8.71. The molecule has 5 nitrogen and oxygen atoms in total. The lowest BCUT2D eigenvalue weighted by molar-refractivity contribution is -0.181. The van der Waals surface area contributed by atoms with Crippen molar-refractivity contribution in [2.45, 2.75) is 71.4 Å². The molecule has 0 spiro atoms. The van der Waals surface area contributed by atoms with Gasteiger partial charge in [-0.3, -0.25) is 5.32 Å². The first-order chi connectivity index (χ1) is 10.3. The molecule has 7 atom stereocenters. The Kier molecular flexibility index (Phi) is 4.82. The molecular formula is C17H31NO4. The zero-order chi connectivity index (χ0) is 15.9. The number of fused-ring (bicyclic) bond motifs is 3. The van der Waals surface area contributed by atoms with Crippen LogP contribution in [-0.2, 0) is 14.2 Å². The van der Waals surface area contributed by atoms with Gasteiger partial charge in [0.1, 0.15) is 6.10 Å². The molecular weight excluding hydrogens is 282 g/mol. The van der Waals surface area contributed by atoms with Crippen molar-refractivity contribution in [1.82, 2.24) is 5.32 Å². The third-order valence-corrected chi connectivity index (χ3v) is 5.50. The summed E-state index contributed by atoms with van der Waals surface area (Å²) in [7, 11) is 0. The van der Waals surface area contributed by atoms with Crippen LogP contribution in [0.25, 0.3) is 0 Å². The van der Waals surface area contributed by atoms with E-state index < -0.39 is 6.41 Å². The summed E-state index contributed by atoms with van der Waals surface area (Å²) in [6.07, 6.45) is 3.19. The van der Waals surface area contributed by atoms with Gasteiger partial charge in [-0.15, -0.1) is 0 Å². The van der Waals surface area contributed by atoms with Gasteiger partial charge in [0.15, 0.2) is 6.29 Å². The van der Waals surface area contributed by atoms with Crippen molar-refractivity contribution < 1.29 is 19.3 Å². The van der Waals surface area contributed by atoms with Crippen LogP contribution in [-0.4, -0.2) is 42.7 Å². The minimum Gasteiger partial charge on any atom is -0.356 e. The molecule has 128 valence electrons. The Labute approximate surface area is 133 Å². The Hall–Kier alpha value is -0.200. The Morgan fingerprint density at radius 1 is 1.27 bits per heavy atom. The number of epoxide rings is 1. The van der Waals surface area contributed by atoms with Crippen LogP contribution in [0, 0.1) is 23.7 Å². The van der Waals surface area contributed by atoms with Gasteiger partial charge in [0, 0.05) is 6.54 Å². The Bertz CT molecular complexity index is 383. The molecule has 0 bridgehead atoms. The molecule has 2 heterocycles. The highest BCUT2D eigenvalue weighted by atomic mass is 16.8. The van der Waals surface area contributed by atoms with Gasteiger partial charge in [-0.1, -0.05) is 6.92 Å². The lowest BCUT2D eigenvalue weighted by atomic mass is 9.65. The minimum absolute atomic E-state index is 0.108. The van der Waals surface area contributed by atoms with E-state index in [-0.39, 0.29) is 11.9 Å². The van der Waals surface area contributed by atoms with Crippen LogP contribution in [0.15, 0.2) is 0 Å². The fourth-order valence-corrected chi connectivity index (χ4v) is 4.23. The highest BCUT2D eigenvalue weighted by Gasteiger charge is 2.55. The maximum absolute atomic E-state index is 9.84. The van der Waals surface area contributed by atoms with Crippen molar-refractivity contribution in [2.75, 3.05) is 13.2 Å². The molecule has 0 aromatic rings. The third-order valence-electron chi connectivity index (χ3n) is 5.50. The van der Waals surface area contributed by atoms with Gasteiger partial charge in [-0.25, -0.2) is 0 Å². The van der Waals surface area contributed by atoms with Crippen LogP contribution < -0.4 is 5.32 Å². The zero-order valence-electron chi connectivity index (χ0n) is 14.2. The lowest BCUT2D eigenvalue weighted by Gasteiger charge is -2.42. The quantitative estimate of drug-likeness (QED) is 0.601. The van der Waals surface area contributed by atoms with Gasteiger partial charge in [-0.05, 0) is 63.7 Å². The molecule has 22 heavy (non-hydrogen) atoms. The number of hydrogen-bond donors (Lipinski definition) is 2. The zero-order valence-corrected chi connectivity index (χ0v) is 14.2. The summed E-state index contributed by atoms with van der Waals surface area (Å²) in [6, 6.07) is 0. The molecule has 2 aliphatic heterocycles. The summed E-state index contributed by atoms with van der Waals surface area (Å²) in [4.78, 5) is 0. The molecule has 3 rings (SSSR count). The maximum atomic E-state index is 9.84. The minimum atomic E-state index is -0.884. The van der Waals surface area contributed by atoms with Gasteiger partial charge in [-0.2, -0.15) is 0 Å². The first kappa shape index (κ1) is 16.7. The van der Waals surface area contributed by atoms with Gasteiger partial charge >= 0.3 is 0 Å². The third kappa shape index (κ3) is 3.82. The van der Waals surface area contributed by atoms with Crippen LogP contribution >= 0.6 is 0 Å². The van der Waals surface area contributed by atoms with Gasteiger partial charge in [0.05, 0.1) is 12.2 Å². The summed E-state index contributed by atoms with van der Waals surface area (Å²) in [6.45, 7) is 9.82. The van der Waals surface area contributed by atoms with E-state index >= 15 is 0 Å². The summed E-state index contributed by atoms with van der Waals surface area (Å²) < 4.78 is 16.8. The van der Waals surface area contributed by atoms with Gasteiger partial charge in [0.25, 0.3) is 0 Å². The second kappa shape index (κ2) is 6.36. The topological polar surface area (TPSA) is 63.2 Å². The predicted molar refractivity (Wildman–Crippen MR) is 82.9 cm³/mol. The van der Waals surface area contributed by atoms with E-state index in [1.807, 2.05) is 20.8 Å². The molecule has 0 amide bonds. The fraction of sp³-hybridized carbons (Fsp3) is 1.00. The van der Waals surface area contributed by atoms with Gasteiger partial charge < -0.3 is 19.3 Å². The molecule has 0 radical (unpaired) electrons. The molecule has 2 saturated heterocycles. The molecule has 7 unspecified atom stereocenters. The predicted octanol–water partition coefficient (Wildman–Crippen LogP) is 2.09. The Balaban J connectivity index is 1.42. The molecule has 0 aromatic heterocycles. The molecule has 3 aliphatic rings. The normalized spacial score (nSPS) is 42.4. The summed E-state index contributed by atoms with van der Waals surface area (Å²) in [5, 5.41) is 12.9. The smallest absolute Gasteiger partial charge is 0.214 e. The monoisotopic (exact) mass is 313 g/mol. The number of nitrogens with one attached hydrogen (secondary N) is 1. The number of aliphatic hydroxyl groups excluding tert-OH is 1. The van der Waals surface area contributed by atoms with Crippen molar-refractivity contribution in [1.29, 1.82) is 0 Å². The summed E-state index contributed by atoms with van der Waals surface area (Å²) >= 11 is 0. The van der Waals surface area contributed by atoms with Crippen molar-refractivity contribution in [3.8, 4) is 0 Å². The van der Waals surface area contributed by atoms with E-state index in [0.29, 0.717) is 29.8 Å². The maximum Gasteiger partial charge on any atom is 0.214 e. The Morgan fingerprint density at radius 2 is 2.05 bits per heavy atom. The average Bonchev–Trinajstić information content (AvgIpc) is 3.18. The van der Waals surface area contributed by atoms with Crippen LogP contribution in [0.4, 0.5) is 0 Å². The highest BCUT2D eigenvalue weighted by molar-refractivity contribution is 4.98. The number of rotatable bonds is 5. The molecule has 5 heteroatoms. The molecule has 2 N–H and O–H groups in total. The van der Waals surface area contributed by atoms with Crippen molar-refractivity contribution in [3.63, 3.8) is 0 Å². The highest BCUT2D eigenvalue weighted by Crippen LogP contribution is 2.50. The largest absolute Gasteiger partial charge is 0.356 e. The molecule has 1 aliphatic carbocycles. The average molecular weight is 313 g/mol. The summed E-state index contributed by atoms with van der Waals surface area (Å²) in [5.74, 6) is 2.69. The molecule has 0 aromatic carbocycles. The van der Waals surface area contributed by atoms with E-state index in [4.69, 9.17) is 14.2 Å². The van der Waals surface area contributed by atoms with Crippen LogP contribution in [0.2, 0.25) is 0 Å². The van der Waals surface area contributed by atoms with E-state index in [0.717, 1.165) is 19.6 Å². The molecule has 1 saturated carbocycles. The van der Waals surface area contributed by atoms with Crippen LogP contribution in [0.3, 0.4) is 0 Å². The number of hydrogen-bond acceptors (Lipinski definition) is 5. The number of ether oxygens (including phenoxy) is 3. The molecule has 3 fully saturated rings. The van der Waals surface area contributed by atoms with Crippen molar-refractivity contribution in [3.05, 3.63) is 0 Å². The first-order valence-electron chi connectivity index (χ1n) is 8.71. The Morgan fingerprint density at radius 3 is 2.77 bits per heavy atom. The second-order valence-corrected chi connectivity index (χ2v) is 8.15. The van der Waals surface area contributed by atoms with E-state index in [1.165, 1.54) is 12.8 Å². The van der Waals surface area contributed by atoms with E-state index in [1.54, 1.807) is 0 Å². The van der Waals surface area contributed by atoms with E-state index in [2.05, 4.69) is 12.2 Å². The van der Waals surface area contributed by atoms with Crippen LogP contribution in [0.1, 0.15) is 47.0 Å². The van der Waals surface area contributed by atoms with Crippen LogP contribution in [0.5, 0.6) is 0 Å². The fourth-order valence-electron chi connectivity index (χ4n) is 4.23. The summed E-state index contributed by atoms with van der Waals surface area (Å²) in [5.41, 5.74) is -0.335. The van der Waals surface area contributed by atoms with E-state index in [9.17, 15) is 5.11 Å². The lowest BCUT2D eigenvalue weighted by Crippen LogP contribution is -2.43.